The number of Topliss-reactive ketones (excluding diaryl/α,β-unsaturated/α-hetero) is 1. The summed E-state index contributed by atoms with van der Waals surface area (Å²) < 4.78 is 9.91. The third-order valence-corrected chi connectivity index (χ3v) is 7.03. The Kier molecular flexibility index (Phi) is 8.32. The molecule has 0 bridgehead atoms. The van der Waals surface area contributed by atoms with Crippen LogP contribution in [-0.2, 0) is 25.7 Å². The van der Waals surface area contributed by atoms with Gasteiger partial charge in [0.2, 0.25) is 5.91 Å². The molecular formula is C18H22N2O7S2. The Hall–Kier alpha value is -2.27. The van der Waals surface area contributed by atoms with Crippen molar-refractivity contribution in [2.24, 2.45) is 5.92 Å². The van der Waals surface area contributed by atoms with Crippen LogP contribution < -0.4 is 5.32 Å². The lowest BCUT2D eigenvalue weighted by molar-refractivity contribution is -0.385. The fourth-order valence-corrected chi connectivity index (χ4v) is 4.54. The number of amides is 1. The van der Waals surface area contributed by atoms with Crippen LogP contribution in [-0.4, -0.2) is 52.0 Å². The highest BCUT2D eigenvalue weighted by molar-refractivity contribution is 8.17. The molecule has 1 fully saturated rings. The van der Waals surface area contributed by atoms with E-state index in [1.54, 1.807) is 13.0 Å². The quantitative estimate of drug-likeness (QED) is 0.191. The highest BCUT2D eigenvalue weighted by Crippen LogP contribution is 2.28. The van der Waals surface area contributed by atoms with Crippen LogP contribution in [0.5, 0.6) is 0 Å². The van der Waals surface area contributed by atoms with E-state index < -0.39 is 29.1 Å². The maximum atomic E-state index is 12.3. The lowest BCUT2D eigenvalue weighted by Crippen LogP contribution is -2.63. The fourth-order valence-electron chi connectivity index (χ4n) is 3.05. The SMILES string of the molecule is CSC(SC)C(=O)CC1NC(=O)C1C(C)OC(=O)OCc1ccccc1[N+](=O)[O-]. The number of ether oxygens (including phenoxy) is 2. The summed E-state index contributed by atoms with van der Waals surface area (Å²) in [5.41, 5.74) is 0.0644. The van der Waals surface area contributed by atoms with Gasteiger partial charge in [-0.1, -0.05) is 12.1 Å². The van der Waals surface area contributed by atoms with Crippen molar-refractivity contribution in [3.05, 3.63) is 39.9 Å². The molecule has 3 unspecified atom stereocenters. The van der Waals surface area contributed by atoms with E-state index in [9.17, 15) is 24.5 Å². The summed E-state index contributed by atoms with van der Waals surface area (Å²) in [4.78, 5) is 46.6. The number of carbonyl (C=O) groups is 3. The first-order chi connectivity index (χ1) is 13.8. The second-order valence-electron chi connectivity index (χ2n) is 6.36. The molecule has 0 saturated carbocycles. The number of nitrogens with zero attached hydrogens (tertiary/aromatic N) is 1. The van der Waals surface area contributed by atoms with Crippen LogP contribution in [0.2, 0.25) is 0 Å². The summed E-state index contributed by atoms with van der Waals surface area (Å²) in [6.07, 6.45) is 2.00. The van der Waals surface area contributed by atoms with Crippen LogP contribution in [0, 0.1) is 16.0 Å². The van der Waals surface area contributed by atoms with Gasteiger partial charge in [-0.05, 0) is 25.5 Å². The zero-order valence-electron chi connectivity index (χ0n) is 16.2. The minimum atomic E-state index is -1.04. The van der Waals surface area contributed by atoms with E-state index >= 15 is 0 Å². The first kappa shape index (κ1) is 23.0. The van der Waals surface area contributed by atoms with Crippen molar-refractivity contribution in [3.63, 3.8) is 0 Å². The standard InChI is InChI=1S/C18H22N2O7S2/c1-10(15-12(19-16(15)22)8-14(21)17(28-2)29-3)27-18(23)26-9-11-6-4-5-7-13(11)20(24)25/h4-7,10,12,15,17H,8-9H2,1-3H3,(H,19,22). The molecule has 0 radical (unpaired) electrons. The van der Waals surface area contributed by atoms with Gasteiger partial charge in [0, 0.05) is 12.5 Å². The van der Waals surface area contributed by atoms with Gasteiger partial charge in [-0.3, -0.25) is 19.7 Å². The summed E-state index contributed by atoms with van der Waals surface area (Å²) >= 11 is 2.86. The predicted octanol–water partition coefficient (Wildman–Crippen LogP) is 2.76. The van der Waals surface area contributed by atoms with Crippen molar-refractivity contribution in [3.8, 4) is 0 Å². The highest BCUT2D eigenvalue weighted by Gasteiger charge is 2.46. The van der Waals surface area contributed by atoms with Crippen LogP contribution in [0.15, 0.2) is 24.3 Å². The third-order valence-electron chi connectivity index (χ3n) is 4.50. The molecule has 9 nitrogen and oxygen atoms in total. The van der Waals surface area contributed by atoms with E-state index in [0.717, 1.165) is 0 Å². The second kappa shape index (κ2) is 10.5. The number of nitro groups is 1. The average molecular weight is 443 g/mol. The smallest absolute Gasteiger partial charge is 0.430 e. The summed E-state index contributed by atoms with van der Waals surface area (Å²) in [5.74, 6) is -0.945. The summed E-state index contributed by atoms with van der Waals surface area (Å²) in [7, 11) is 0. The van der Waals surface area contributed by atoms with Crippen LogP contribution >= 0.6 is 23.5 Å². The molecule has 1 heterocycles. The molecule has 1 amide bonds. The first-order valence-electron chi connectivity index (χ1n) is 8.72. The van der Waals surface area contributed by atoms with Gasteiger partial charge in [-0.15, -0.1) is 23.5 Å². The molecule has 1 saturated heterocycles. The van der Waals surface area contributed by atoms with Crippen molar-refractivity contribution < 1.29 is 28.8 Å². The van der Waals surface area contributed by atoms with Crippen LogP contribution in [0.3, 0.4) is 0 Å². The number of hydrogen-bond acceptors (Lipinski definition) is 9. The monoisotopic (exact) mass is 442 g/mol. The van der Waals surface area contributed by atoms with Crippen molar-refractivity contribution in [1.29, 1.82) is 0 Å². The Balaban J connectivity index is 1.89. The molecule has 1 aromatic carbocycles. The predicted molar refractivity (Wildman–Crippen MR) is 110 cm³/mol. The number of β-lactam (4-membered cyclic amide) rings is 1. The van der Waals surface area contributed by atoms with Crippen molar-refractivity contribution >= 4 is 47.1 Å². The van der Waals surface area contributed by atoms with E-state index in [1.807, 2.05) is 12.5 Å². The second-order valence-corrected chi connectivity index (χ2v) is 8.55. The number of carbonyl (C=O) groups excluding carboxylic acids is 3. The Morgan fingerprint density at radius 3 is 2.52 bits per heavy atom. The molecule has 1 aliphatic heterocycles. The van der Waals surface area contributed by atoms with Gasteiger partial charge in [0.25, 0.3) is 5.69 Å². The van der Waals surface area contributed by atoms with Gasteiger partial charge in [0.1, 0.15) is 17.3 Å². The van der Waals surface area contributed by atoms with Crippen LogP contribution in [0.4, 0.5) is 10.5 Å². The molecule has 0 spiro atoms. The topological polar surface area (TPSA) is 125 Å². The fraction of sp³-hybridized carbons (Fsp3) is 0.500. The van der Waals surface area contributed by atoms with Gasteiger partial charge in [-0.25, -0.2) is 4.79 Å². The summed E-state index contributed by atoms with van der Waals surface area (Å²) in [5, 5.41) is 13.7. The molecular weight excluding hydrogens is 420 g/mol. The zero-order chi connectivity index (χ0) is 21.6. The lowest BCUT2D eigenvalue weighted by atomic mass is 9.83. The molecule has 0 aliphatic carbocycles. The van der Waals surface area contributed by atoms with E-state index in [4.69, 9.17) is 9.47 Å². The van der Waals surface area contributed by atoms with Crippen molar-refractivity contribution in [2.75, 3.05) is 12.5 Å². The molecule has 0 aromatic heterocycles. The number of nitro benzene ring substituents is 1. The first-order valence-corrected chi connectivity index (χ1v) is 11.3. The Labute approximate surface area is 176 Å². The number of benzene rings is 1. The van der Waals surface area contributed by atoms with E-state index in [-0.39, 0.29) is 40.6 Å². The minimum Gasteiger partial charge on any atom is -0.430 e. The molecule has 3 atom stereocenters. The van der Waals surface area contributed by atoms with Gasteiger partial charge >= 0.3 is 6.16 Å². The number of nitrogens with one attached hydrogen (secondary N) is 1. The average Bonchev–Trinajstić information content (AvgIpc) is 2.66. The molecule has 1 N–H and O–H groups in total. The zero-order valence-corrected chi connectivity index (χ0v) is 17.8. The van der Waals surface area contributed by atoms with Crippen LogP contribution in [0.25, 0.3) is 0 Å². The Morgan fingerprint density at radius 2 is 1.93 bits per heavy atom. The minimum absolute atomic E-state index is 0.00571. The maximum Gasteiger partial charge on any atom is 0.508 e. The largest absolute Gasteiger partial charge is 0.508 e. The van der Waals surface area contributed by atoms with Gasteiger partial charge in [-0.2, -0.15) is 0 Å². The number of hydrogen-bond donors (Lipinski definition) is 1. The van der Waals surface area contributed by atoms with E-state index in [0.29, 0.717) is 0 Å². The number of para-hydroxylation sites is 1. The Bertz CT molecular complexity index is 785. The third kappa shape index (κ3) is 5.86. The van der Waals surface area contributed by atoms with Gasteiger partial charge < -0.3 is 14.8 Å². The molecule has 1 aliphatic rings. The van der Waals surface area contributed by atoms with Crippen LogP contribution in [0.1, 0.15) is 18.9 Å². The van der Waals surface area contributed by atoms with Gasteiger partial charge in [0.05, 0.1) is 22.4 Å². The molecule has 29 heavy (non-hydrogen) atoms. The summed E-state index contributed by atoms with van der Waals surface area (Å²) in [6, 6.07) is 5.48. The molecule has 1 aromatic rings. The maximum absolute atomic E-state index is 12.3. The normalized spacial score (nSPS) is 19.1. The Morgan fingerprint density at radius 1 is 1.28 bits per heavy atom. The molecule has 158 valence electrons. The number of ketones is 1. The number of thioether (sulfide) groups is 2. The van der Waals surface area contributed by atoms with Crippen molar-refractivity contribution in [2.45, 2.75) is 36.7 Å². The number of rotatable bonds is 10. The van der Waals surface area contributed by atoms with E-state index in [1.165, 1.54) is 41.7 Å². The van der Waals surface area contributed by atoms with E-state index in [2.05, 4.69) is 5.32 Å². The molecule has 2 rings (SSSR count). The molecule has 11 heteroatoms. The lowest BCUT2D eigenvalue weighted by Gasteiger charge is -2.39. The van der Waals surface area contributed by atoms with Gasteiger partial charge in [0.15, 0.2) is 5.78 Å². The highest BCUT2D eigenvalue weighted by atomic mass is 32.2. The summed E-state index contributed by atoms with van der Waals surface area (Å²) in [6.45, 7) is 1.22. The van der Waals surface area contributed by atoms with Crippen molar-refractivity contribution in [1.82, 2.24) is 5.32 Å².